The third kappa shape index (κ3) is 1.96. The fraction of sp³-hybridized carbons (Fsp3) is 0.786. The molecule has 1 aromatic heterocycles. The van der Waals surface area contributed by atoms with Crippen LogP contribution in [0.15, 0.2) is 0 Å². The van der Waals surface area contributed by atoms with Gasteiger partial charge in [-0.15, -0.1) is 0 Å². The fourth-order valence-corrected chi connectivity index (χ4v) is 2.76. The van der Waals surface area contributed by atoms with Crippen LogP contribution in [-0.4, -0.2) is 9.55 Å². The Hall–Kier alpha value is -0.990. The molecular formula is C14H23N3. The summed E-state index contributed by atoms with van der Waals surface area (Å²) in [5.74, 6) is 3.48. The summed E-state index contributed by atoms with van der Waals surface area (Å²) in [6, 6.07) is 0.667. The van der Waals surface area contributed by atoms with E-state index in [9.17, 15) is 0 Å². The standard InChI is InChI=1S/C14H23N3/c1-3-4-9(2)12-13(15)17(11-7-8-11)14(16-12)10-5-6-10/h9-11H,3-8,15H2,1-2H3. The molecule has 0 aliphatic heterocycles. The van der Waals surface area contributed by atoms with Gasteiger partial charge in [-0.3, -0.25) is 0 Å². The number of anilines is 1. The minimum Gasteiger partial charge on any atom is -0.384 e. The van der Waals surface area contributed by atoms with E-state index >= 15 is 0 Å². The van der Waals surface area contributed by atoms with Gasteiger partial charge in [0, 0.05) is 17.9 Å². The van der Waals surface area contributed by atoms with Crippen LogP contribution in [0.4, 0.5) is 5.82 Å². The molecule has 1 heterocycles. The summed E-state index contributed by atoms with van der Waals surface area (Å²) in [5, 5.41) is 0. The Labute approximate surface area is 103 Å². The Balaban J connectivity index is 1.95. The second kappa shape index (κ2) is 4.04. The third-order valence-electron chi connectivity index (χ3n) is 4.05. The molecule has 2 aliphatic rings. The van der Waals surface area contributed by atoms with Crippen LogP contribution in [0.2, 0.25) is 0 Å². The zero-order valence-corrected chi connectivity index (χ0v) is 10.9. The minimum atomic E-state index is 0.512. The van der Waals surface area contributed by atoms with Crippen LogP contribution < -0.4 is 5.73 Å². The molecule has 0 saturated heterocycles. The van der Waals surface area contributed by atoms with Crippen molar-refractivity contribution in [2.75, 3.05) is 5.73 Å². The summed E-state index contributed by atoms with van der Waals surface area (Å²) in [6.45, 7) is 4.49. The van der Waals surface area contributed by atoms with E-state index in [4.69, 9.17) is 10.7 Å². The van der Waals surface area contributed by atoms with Gasteiger partial charge in [0.2, 0.25) is 0 Å². The van der Waals surface area contributed by atoms with Gasteiger partial charge in [-0.25, -0.2) is 4.98 Å². The molecule has 3 heteroatoms. The number of nitrogens with zero attached hydrogens (tertiary/aromatic N) is 2. The van der Waals surface area contributed by atoms with Crippen molar-refractivity contribution in [2.24, 2.45) is 0 Å². The van der Waals surface area contributed by atoms with E-state index in [-0.39, 0.29) is 0 Å². The van der Waals surface area contributed by atoms with Gasteiger partial charge in [-0.1, -0.05) is 20.3 Å². The number of rotatable bonds is 5. The molecule has 0 aromatic carbocycles. The van der Waals surface area contributed by atoms with E-state index in [1.165, 1.54) is 50.0 Å². The van der Waals surface area contributed by atoms with Gasteiger partial charge in [-0.05, 0) is 32.1 Å². The molecule has 3 nitrogen and oxygen atoms in total. The highest BCUT2D eigenvalue weighted by molar-refractivity contribution is 5.43. The van der Waals surface area contributed by atoms with Crippen molar-refractivity contribution < 1.29 is 0 Å². The van der Waals surface area contributed by atoms with Crippen molar-refractivity contribution in [3.63, 3.8) is 0 Å². The minimum absolute atomic E-state index is 0.512. The Morgan fingerprint density at radius 2 is 2.06 bits per heavy atom. The highest BCUT2D eigenvalue weighted by Crippen LogP contribution is 2.47. The predicted molar refractivity (Wildman–Crippen MR) is 70.2 cm³/mol. The van der Waals surface area contributed by atoms with Crippen LogP contribution in [0.1, 0.15) is 81.8 Å². The maximum absolute atomic E-state index is 6.34. The largest absolute Gasteiger partial charge is 0.384 e. The van der Waals surface area contributed by atoms with Crippen molar-refractivity contribution in [2.45, 2.75) is 70.3 Å². The Morgan fingerprint density at radius 1 is 1.35 bits per heavy atom. The number of aromatic nitrogens is 2. The average molecular weight is 233 g/mol. The molecule has 1 unspecified atom stereocenters. The summed E-state index contributed by atoms with van der Waals surface area (Å²) in [4.78, 5) is 4.89. The first-order valence-corrected chi connectivity index (χ1v) is 7.09. The predicted octanol–water partition coefficient (Wildman–Crippen LogP) is 3.58. The first kappa shape index (κ1) is 11.1. The third-order valence-corrected chi connectivity index (χ3v) is 4.05. The molecule has 0 bridgehead atoms. The molecule has 2 saturated carbocycles. The molecule has 17 heavy (non-hydrogen) atoms. The molecule has 0 amide bonds. The number of hydrogen-bond acceptors (Lipinski definition) is 2. The van der Waals surface area contributed by atoms with Crippen molar-refractivity contribution >= 4 is 5.82 Å². The van der Waals surface area contributed by atoms with Crippen LogP contribution in [0, 0.1) is 0 Å². The highest BCUT2D eigenvalue weighted by atomic mass is 15.2. The number of imidazole rings is 1. The second-order valence-electron chi connectivity index (χ2n) is 5.81. The Bertz CT molecular complexity index is 413. The zero-order valence-electron chi connectivity index (χ0n) is 10.9. The SMILES string of the molecule is CCCC(C)c1nc(C2CC2)n(C2CC2)c1N. The Morgan fingerprint density at radius 3 is 2.59 bits per heavy atom. The van der Waals surface area contributed by atoms with Gasteiger partial charge in [0.25, 0.3) is 0 Å². The summed E-state index contributed by atoms with van der Waals surface area (Å²) in [7, 11) is 0. The maximum Gasteiger partial charge on any atom is 0.127 e. The maximum atomic E-state index is 6.34. The van der Waals surface area contributed by atoms with Gasteiger partial charge in [0.15, 0.2) is 0 Å². The van der Waals surface area contributed by atoms with Crippen LogP contribution in [0.3, 0.4) is 0 Å². The van der Waals surface area contributed by atoms with E-state index in [2.05, 4.69) is 18.4 Å². The van der Waals surface area contributed by atoms with Crippen LogP contribution in [-0.2, 0) is 0 Å². The molecule has 2 aliphatic carbocycles. The van der Waals surface area contributed by atoms with E-state index < -0.39 is 0 Å². The molecule has 3 rings (SSSR count). The monoisotopic (exact) mass is 233 g/mol. The summed E-state index contributed by atoms with van der Waals surface area (Å²) in [5.41, 5.74) is 7.51. The summed E-state index contributed by atoms with van der Waals surface area (Å²) < 4.78 is 2.36. The zero-order chi connectivity index (χ0) is 12.0. The fourth-order valence-electron chi connectivity index (χ4n) is 2.76. The van der Waals surface area contributed by atoms with Gasteiger partial charge >= 0.3 is 0 Å². The molecule has 1 aromatic rings. The van der Waals surface area contributed by atoms with E-state index in [0.29, 0.717) is 17.9 Å². The average Bonchev–Trinajstić information content (AvgIpc) is 3.17. The van der Waals surface area contributed by atoms with Crippen molar-refractivity contribution in [3.05, 3.63) is 11.5 Å². The second-order valence-corrected chi connectivity index (χ2v) is 5.81. The lowest BCUT2D eigenvalue weighted by molar-refractivity contribution is 0.650. The van der Waals surface area contributed by atoms with Gasteiger partial charge < -0.3 is 10.3 Å². The lowest BCUT2D eigenvalue weighted by Crippen LogP contribution is -2.05. The molecule has 0 spiro atoms. The normalized spacial score (nSPS) is 21.8. The quantitative estimate of drug-likeness (QED) is 0.844. The molecular weight excluding hydrogens is 210 g/mol. The molecule has 1 atom stereocenters. The molecule has 2 N–H and O–H groups in total. The van der Waals surface area contributed by atoms with E-state index in [0.717, 1.165) is 5.82 Å². The number of nitrogen functional groups attached to an aromatic ring is 1. The number of nitrogens with two attached hydrogens (primary N) is 1. The lowest BCUT2D eigenvalue weighted by Gasteiger charge is -2.09. The van der Waals surface area contributed by atoms with Crippen LogP contribution in [0.5, 0.6) is 0 Å². The molecule has 0 radical (unpaired) electrons. The van der Waals surface area contributed by atoms with Crippen molar-refractivity contribution in [3.8, 4) is 0 Å². The van der Waals surface area contributed by atoms with Crippen LogP contribution in [0.25, 0.3) is 0 Å². The molecule has 2 fully saturated rings. The van der Waals surface area contributed by atoms with Crippen LogP contribution >= 0.6 is 0 Å². The first-order chi connectivity index (χ1) is 8.22. The van der Waals surface area contributed by atoms with E-state index in [1.54, 1.807) is 0 Å². The van der Waals surface area contributed by atoms with Gasteiger partial charge in [0.05, 0.1) is 5.69 Å². The topological polar surface area (TPSA) is 43.8 Å². The Kier molecular flexibility index (Phi) is 2.64. The first-order valence-electron chi connectivity index (χ1n) is 7.09. The number of hydrogen-bond donors (Lipinski definition) is 1. The summed E-state index contributed by atoms with van der Waals surface area (Å²) in [6.07, 6.45) is 7.60. The smallest absolute Gasteiger partial charge is 0.127 e. The highest BCUT2D eigenvalue weighted by Gasteiger charge is 2.36. The van der Waals surface area contributed by atoms with Crippen molar-refractivity contribution in [1.82, 2.24) is 9.55 Å². The molecule has 94 valence electrons. The van der Waals surface area contributed by atoms with E-state index in [1.807, 2.05) is 0 Å². The lowest BCUT2D eigenvalue weighted by atomic mass is 10.0. The van der Waals surface area contributed by atoms with Crippen molar-refractivity contribution in [1.29, 1.82) is 0 Å². The summed E-state index contributed by atoms with van der Waals surface area (Å²) >= 11 is 0. The van der Waals surface area contributed by atoms with Gasteiger partial charge in [-0.2, -0.15) is 0 Å². The van der Waals surface area contributed by atoms with Gasteiger partial charge in [0.1, 0.15) is 11.6 Å².